The van der Waals surface area contributed by atoms with Gasteiger partial charge < -0.3 is 14.6 Å². The van der Waals surface area contributed by atoms with Crippen LogP contribution in [0.1, 0.15) is 37.6 Å². The molecule has 0 aliphatic heterocycles. The van der Waals surface area contributed by atoms with E-state index >= 15 is 0 Å². The van der Waals surface area contributed by atoms with Gasteiger partial charge in [0.1, 0.15) is 0 Å². The van der Waals surface area contributed by atoms with Crippen LogP contribution in [0.15, 0.2) is 16.6 Å². The summed E-state index contributed by atoms with van der Waals surface area (Å²) >= 11 is 3.30. The third kappa shape index (κ3) is 4.94. The van der Waals surface area contributed by atoms with E-state index in [1.807, 2.05) is 20.8 Å². The number of nitriles is 1. The van der Waals surface area contributed by atoms with Gasteiger partial charge in [-0.3, -0.25) is 0 Å². The third-order valence-electron chi connectivity index (χ3n) is 2.83. The highest BCUT2D eigenvalue weighted by atomic mass is 79.9. The zero-order valence-electron chi connectivity index (χ0n) is 12.3. The minimum absolute atomic E-state index is 0.120. The summed E-state index contributed by atoms with van der Waals surface area (Å²) in [5.74, 6) is -0.205. The summed E-state index contributed by atoms with van der Waals surface area (Å²) in [4.78, 5) is 11.1. The molecule has 0 heterocycles. The van der Waals surface area contributed by atoms with E-state index in [0.29, 0.717) is 35.6 Å². The molecule has 0 atom stereocenters. The Hall–Kier alpha value is -1.74. The van der Waals surface area contributed by atoms with E-state index in [0.717, 1.165) is 0 Å². The van der Waals surface area contributed by atoms with Crippen LogP contribution in [0.4, 0.5) is 0 Å². The lowest BCUT2D eigenvalue weighted by Crippen LogP contribution is -2.14. The number of halogens is 1. The topological polar surface area (TPSA) is 79.6 Å². The number of hydrogen-bond donors (Lipinski definition) is 1. The fraction of sp³-hybridized carbons (Fsp3) is 0.467. The number of carbonyl (C=O) groups is 1. The van der Waals surface area contributed by atoms with Crippen molar-refractivity contribution in [3.8, 4) is 17.6 Å². The van der Waals surface area contributed by atoms with E-state index in [-0.39, 0.29) is 5.56 Å². The molecule has 0 aliphatic carbocycles. The summed E-state index contributed by atoms with van der Waals surface area (Å²) in [7, 11) is 0. The zero-order chi connectivity index (χ0) is 16.0. The lowest BCUT2D eigenvalue weighted by atomic mass is 9.92. The second-order valence-electron chi connectivity index (χ2n) is 5.12. The van der Waals surface area contributed by atoms with Crippen LogP contribution in [-0.4, -0.2) is 24.3 Å². The predicted molar refractivity (Wildman–Crippen MR) is 81.8 cm³/mol. The molecule has 0 spiro atoms. The van der Waals surface area contributed by atoms with Gasteiger partial charge >= 0.3 is 5.97 Å². The number of carboxylic acid groups (broad SMARTS) is 1. The molecule has 1 aromatic rings. The van der Waals surface area contributed by atoms with Gasteiger partial charge in [-0.05, 0) is 55.3 Å². The number of nitrogens with zero attached hydrogens (tertiary/aromatic N) is 1. The van der Waals surface area contributed by atoms with Gasteiger partial charge in [0.2, 0.25) is 0 Å². The zero-order valence-corrected chi connectivity index (χ0v) is 13.9. The van der Waals surface area contributed by atoms with Crippen molar-refractivity contribution in [2.24, 2.45) is 5.41 Å². The van der Waals surface area contributed by atoms with Gasteiger partial charge in [-0.25, -0.2) is 4.79 Å². The van der Waals surface area contributed by atoms with Crippen LogP contribution in [0.25, 0.3) is 0 Å². The molecule has 1 N–H and O–H groups in total. The number of rotatable bonds is 7. The molecule has 0 bridgehead atoms. The van der Waals surface area contributed by atoms with Crippen LogP contribution in [-0.2, 0) is 0 Å². The number of benzene rings is 1. The summed E-state index contributed by atoms with van der Waals surface area (Å²) < 4.78 is 11.6. The smallest absolute Gasteiger partial charge is 0.335 e. The molecule has 1 rings (SSSR count). The maximum absolute atomic E-state index is 11.1. The van der Waals surface area contributed by atoms with Gasteiger partial charge in [0.05, 0.1) is 34.7 Å². The number of carboxylic acids is 1. The Morgan fingerprint density at radius 1 is 1.43 bits per heavy atom. The molecule has 0 saturated carbocycles. The molecule has 0 aliphatic rings. The summed E-state index contributed by atoms with van der Waals surface area (Å²) in [5, 5.41) is 18.0. The Morgan fingerprint density at radius 3 is 2.62 bits per heavy atom. The molecule has 0 amide bonds. The van der Waals surface area contributed by atoms with Gasteiger partial charge in [-0.2, -0.15) is 5.26 Å². The van der Waals surface area contributed by atoms with Gasteiger partial charge in [0.15, 0.2) is 11.5 Å². The first kappa shape index (κ1) is 17.3. The molecule has 1 aromatic carbocycles. The summed E-state index contributed by atoms with van der Waals surface area (Å²) in [6.07, 6.45) is 0.558. The minimum Gasteiger partial charge on any atom is -0.490 e. The monoisotopic (exact) mass is 355 g/mol. The molecule has 0 saturated heterocycles. The summed E-state index contributed by atoms with van der Waals surface area (Å²) in [6.45, 7) is 6.22. The van der Waals surface area contributed by atoms with Crippen molar-refractivity contribution in [2.45, 2.75) is 27.2 Å². The van der Waals surface area contributed by atoms with E-state index in [1.54, 1.807) is 0 Å². The molecule has 5 nitrogen and oxygen atoms in total. The Balaban J connectivity index is 2.95. The molecular weight excluding hydrogens is 338 g/mol. The third-order valence-corrected chi connectivity index (χ3v) is 3.42. The number of hydrogen-bond acceptors (Lipinski definition) is 4. The highest BCUT2D eigenvalue weighted by Gasteiger charge is 2.19. The maximum atomic E-state index is 11.1. The van der Waals surface area contributed by atoms with Gasteiger partial charge in [0, 0.05) is 0 Å². The normalized spacial score (nSPS) is 10.8. The second kappa shape index (κ2) is 7.32. The van der Waals surface area contributed by atoms with E-state index in [1.165, 1.54) is 12.1 Å². The molecular formula is C15H18BrNO4. The quantitative estimate of drug-likeness (QED) is 0.802. The van der Waals surface area contributed by atoms with E-state index in [9.17, 15) is 4.79 Å². The SMILES string of the molecule is CCOc1cc(C(=O)O)cc(Br)c1OCCC(C)(C)C#N. The summed E-state index contributed by atoms with van der Waals surface area (Å²) in [6, 6.07) is 5.11. The van der Waals surface area contributed by atoms with Crippen LogP contribution in [0.5, 0.6) is 11.5 Å². The van der Waals surface area contributed by atoms with Gasteiger partial charge in [-0.1, -0.05) is 0 Å². The highest BCUT2D eigenvalue weighted by Crippen LogP contribution is 2.37. The maximum Gasteiger partial charge on any atom is 0.335 e. The standard InChI is InChI=1S/C15H18BrNO4/c1-4-20-12-8-10(14(18)19)7-11(16)13(12)21-6-5-15(2,3)9-17/h7-8H,4-6H2,1-3H3,(H,18,19). The Kier molecular flexibility index (Phi) is 6.03. The van der Waals surface area contributed by atoms with Crippen LogP contribution >= 0.6 is 15.9 Å². The number of ether oxygens (including phenoxy) is 2. The van der Waals surface area contributed by atoms with Crippen molar-refractivity contribution in [2.75, 3.05) is 13.2 Å². The van der Waals surface area contributed by atoms with Gasteiger partial charge in [-0.15, -0.1) is 0 Å². The fourth-order valence-electron chi connectivity index (χ4n) is 1.56. The molecule has 0 radical (unpaired) electrons. The van der Waals surface area contributed by atoms with Crippen LogP contribution in [0.3, 0.4) is 0 Å². The molecule has 21 heavy (non-hydrogen) atoms. The lowest BCUT2D eigenvalue weighted by molar-refractivity contribution is 0.0696. The summed E-state index contributed by atoms with van der Waals surface area (Å²) in [5.41, 5.74) is -0.353. The molecule has 0 fully saturated rings. The van der Waals surface area contributed by atoms with Crippen molar-refractivity contribution >= 4 is 21.9 Å². The first-order valence-corrected chi connectivity index (χ1v) is 7.33. The van der Waals surface area contributed by atoms with Gasteiger partial charge in [0.25, 0.3) is 0 Å². The first-order chi connectivity index (χ1) is 9.80. The molecule has 6 heteroatoms. The Bertz CT molecular complexity index is 564. The van der Waals surface area contributed by atoms with Crippen LogP contribution in [0.2, 0.25) is 0 Å². The van der Waals surface area contributed by atoms with Crippen molar-refractivity contribution in [1.29, 1.82) is 5.26 Å². The van der Waals surface area contributed by atoms with E-state index in [2.05, 4.69) is 22.0 Å². The average Bonchev–Trinajstić information content (AvgIpc) is 2.41. The van der Waals surface area contributed by atoms with Crippen molar-refractivity contribution in [3.63, 3.8) is 0 Å². The highest BCUT2D eigenvalue weighted by molar-refractivity contribution is 9.10. The molecule has 114 valence electrons. The Morgan fingerprint density at radius 2 is 2.10 bits per heavy atom. The predicted octanol–water partition coefficient (Wildman–Crippen LogP) is 3.86. The largest absolute Gasteiger partial charge is 0.490 e. The van der Waals surface area contributed by atoms with Crippen LogP contribution in [0, 0.1) is 16.7 Å². The van der Waals surface area contributed by atoms with E-state index < -0.39 is 11.4 Å². The van der Waals surface area contributed by atoms with E-state index in [4.69, 9.17) is 19.8 Å². The minimum atomic E-state index is -1.03. The molecule has 0 aromatic heterocycles. The van der Waals surface area contributed by atoms with Crippen molar-refractivity contribution in [3.05, 3.63) is 22.2 Å². The first-order valence-electron chi connectivity index (χ1n) is 6.54. The average molecular weight is 356 g/mol. The molecule has 0 unspecified atom stereocenters. The van der Waals surface area contributed by atoms with Crippen molar-refractivity contribution < 1.29 is 19.4 Å². The fourth-order valence-corrected chi connectivity index (χ4v) is 2.12. The van der Waals surface area contributed by atoms with Crippen molar-refractivity contribution in [1.82, 2.24) is 0 Å². The second-order valence-corrected chi connectivity index (χ2v) is 5.97. The number of aromatic carboxylic acids is 1. The Labute approximate surface area is 132 Å². The van der Waals surface area contributed by atoms with Crippen LogP contribution < -0.4 is 9.47 Å². The lowest BCUT2D eigenvalue weighted by Gasteiger charge is -2.18.